The van der Waals surface area contributed by atoms with Gasteiger partial charge in [-0.2, -0.15) is 0 Å². The molecule has 0 bridgehead atoms. The Morgan fingerprint density at radius 3 is 2.54 bits per heavy atom. The Morgan fingerprint density at radius 1 is 1.14 bits per heavy atom. The first-order valence-electron chi connectivity index (χ1n) is 8.49. The molecular formula is C20H20N2O4S2. The fourth-order valence-corrected chi connectivity index (χ4v) is 4.24. The van der Waals surface area contributed by atoms with Crippen molar-refractivity contribution in [1.82, 2.24) is 9.29 Å². The minimum atomic E-state index is -3.63. The van der Waals surface area contributed by atoms with Gasteiger partial charge in [0, 0.05) is 25.0 Å². The van der Waals surface area contributed by atoms with E-state index >= 15 is 0 Å². The molecule has 0 radical (unpaired) electrons. The van der Waals surface area contributed by atoms with Gasteiger partial charge < -0.3 is 4.74 Å². The molecule has 0 spiro atoms. The molecular weight excluding hydrogens is 396 g/mol. The lowest BCUT2D eigenvalue weighted by Gasteiger charge is -2.13. The van der Waals surface area contributed by atoms with Crippen molar-refractivity contribution in [3.63, 3.8) is 0 Å². The molecule has 3 rings (SSSR count). The lowest BCUT2D eigenvalue weighted by Crippen LogP contribution is -2.22. The second-order valence-corrected chi connectivity index (χ2v) is 9.36. The fourth-order valence-electron chi connectivity index (χ4n) is 2.50. The number of thiazole rings is 1. The fraction of sp³-hybridized carbons (Fsp3) is 0.200. The molecule has 0 N–H and O–H groups in total. The standard InChI is InChI=1S/C20H20N2O4S2/c1-14-9-10-17(28(24,25)22(2)3)11-18(14)20(23)26-12-16-13-27-19(21-16)15-7-5-4-6-8-15/h4-11,13H,12H2,1-3H3. The molecule has 28 heavy (non-hydrogen) atoms. The zero-order valence-electron chi connectivity index (χ0n) is 15.7. The largest absolute Gasteiger partial charge is 0.456 e. The van der Waals surface area contributed by atoms with Crippen molar-refractivity contribution in [2.75, 3.05) is 14.1 Å². The number of esters is 1. The first kappa shape index (κ1) is 20.2. The number of nitrogens with zero attached hydrogens (tertiary/aromatic N) is 2. The summed E-state index contributed by atoms with van der Waals surface area (Å²) in [5.74, 6) is -0.581. The second-order valence-electron chi connectivity index (χ2n) is 6.35. The van der Waals surface area contributed by atoms with E-state index < -0.39 is 16.0 Å². The molecule has 0 saturated carbocycles. The van der Waals surface area contributed by atoms with Crippen LogP contribution in [0.5, 0.6) is 0 Å². The van der Waals surface area contributed by atoms with Crippen LogP contribution in [0.3, 0.4) is 0 Å². The number of carbonyl (C=O) groups excluding carboxylic acids is 1. The van der Waals surface area contributed by atoms with E-state index in [1.54, 1.807) is 13.0 Å². The second kappa shape index (κ2) is 8.22. The third-order valence-electron chi connectivity index (χ3n) is 4.13. The van der Waals surface area contributed by atoms with Gasteiger partial charge in [0.25, 0.3) is 0 Å². The summed E-state index contributed by atoms with van der Waals surface area (Å²) < 4.78 is 31.1. The van der Waals surface area contributed by atoms with Crippen LogP contribution < -0.4 is 0 Å². The maximum Gasteiger partial charge on any atom is 0.338 e. The first-order valence-corrected chi connectivity index (χ1v) is 10.8. The Morgan fingerprint density at radius 2 is 1.86 bits per heavy atom. The number of hydrogen-bond donors (Lipinski definition) is 0. The van der Waals surface area contributed by atoms with E-state index in [-0.39, 0.29) is 17.1 Å². The highest BCUT2D eigenvalue weighted by molar-refractivity contribution is 7.89. The Kier molecular flexibility index (Phi) is 5.93. The van der Waals surface area contributed by atoms with Gasteiger partial charge in [0.15, 0.2) is 0 Å². The molecule has 0 aliphatic heterocycles. The Balaban J connectivity index is 1.75. The summed E-state index contributed by atoms with van der Waals surface area (Å²) in [6.45, 7) is 1.76. The highest BCUT2D eigenvalue weighted by atomic mass is 32.2. The van der Waals surface area contributed by atoms with Crippen molar-refractivity contribution < 1.29 is 17.9 Å². The number of sulfonamides is 1. The zero-order valence-corrected chi connectivity index (χ0v) is 17.4. The maximum absolute atomic E-state index is 12.5. The molecule has 2 aromatic carbocycles. The minimum Gasteiger partial charge on any atom is -0.456 e. The molecule has 0 unspecified atom stereocenters. The van der Waals surface area contributed by atoms with Crippen LogP contribution >= 0.6 is 11.3 Å². The van der Waals surface area contributed by atoms with E-state index in [0.717, 1.165) is 14.9 Å². The number of carbonyl (C=O) groups is 1. The van der Waals surface area contributed by atoms with Crippen molar-refractivity contribution in [2.24, 2.45) is 0 Å². The van der Waals surface area contributed by atoms with Crippen LogP contribution in [0.1, 0.15) is 21.6 Å². The predicted molar refractivity (Wildman–Crippen MR) is 109 cm³/mol. The van der Waals surface area contributed by atoms with E-state index in [2.05, 4.69) is 4.98 Å². The summed E-state index contributed by atoms with van der Waals surface area (Å²) in [7, 11) is -0.741. The van der Waals surface area contributed by atoms with Crippen molar-refractivity contribution in [3.05, 3.63) is 70.7 Å². The van der Waals surface area contributed by atoms with Gasteiger partial charge in [0.1, 0.15) is 11.6 Å². The molecule has 8 heteroatoms. The summed E-state index contributed by atoms with van der Waals surface area (Å²) >= 11 is 1.48. The number of aryl methyl sites for hydroxylation is 1. The SMILES string of the molecule is Cc1ccc(S(=O)(=O)N(C)C)cc1C(=O)OCc1csc(-c2ccccc2)n1. The molecule has 0 fully saturated rings. The van der Waals surface area contributed by atoms with Crippen molar-refractivity contribution in [2.45, 2.75) is 18.4 Å². The Bertz CT molecular complexity index is 1090. The third-order valence-corrected chi connectivity index (χ3v) is 6.88. The summed E-state index contributed by atoms with van der Waals surface area (Å²) in [5.41, 5.74) is 2.52. The first-order chi connectivity index (χ1) is 13.3. The van der Waals surface area contributed by atoms with E-state index in [9.17, 15) is 13.2 Å². The lowest BCUT2D eigenvalue weighted by molar-refractivity contribution is 0.0467. The highest BCUT2D eigenvalue weighted by Gasteiger charge is 2.21. The molecule has 0 aliphatic rings. The van der Waals surface area contributed by atoms with Crippen LogP contribution in [0, 0.1) is 6.92 Å². The summed E-state index contributed by atoms with van der Waals surface area (Å²) in [4.78, 5) is 17.0. The van der Waals surface area contributed by atoms with Crippen molar-refractivity contribution in [3.8, 4) is 10.6 Å². The monoisotopic (exact) mass is 416 g/mol. The maximum atomic E-state index is 12.5. The Hall–Kier alpha value is -2.55. The van der Waals surface area contributed by atoms with E-state index in [4.69, 9.17) is 4.74 Å². The molecule has 146 valence electrons. The van der Waals surface area contributed by atoms with Gasteiger partial charge in [-0.3, -0.25) is 0 Å². The number of aromatic nitrogens is 1. The van der Waals surface area contributed by atoms with Gasteiger partial charge in [0.05, 0.1) is 16.2 Å². The van der Waals surface area contributed by atoms with Gasteiger partial charge in [0.2, 0.25) is 10.0 Å². The van der Waals surface area contributed by atoms with Crippen LogP contribution in [0.25, 0.3) is 10.6 Å². The minimum absolute atomic E-state index is 0.0201. The molecule has 1 heterocycles. The molecule has 3 aromatic rings. The quantitative estimate of drug-likeness (QED) is 0.573. The van der Waals surface area contributed by atoms with Crippen molar-refractivity contribution in [1.29, 1.82) is 0 Å². The number of benzene rings is 2. The topological polar surface area (TPSA) is 76.6 Å². The average Bonchev–Trinajstić information content (AvgIpc) is 3.16. The third kappa shape index (κ3) is 4.30. The van der Waals surface area contributed by atoms with Gasteiger partial charge >= 0.3 is 5.97 Å². The molecule has 0 atom stereocenters. The van der Waals surface area contributed by atoms with Crippen LogP contribution in [0.15, 0.2) is 58.8 Å². The van der Waals surface area contributed by atoms with Gasteiger partial charge in [-0.1, -0.05) is 36.4 Å². The van der Waals surface area contributed by atoms with Crippen LogP contribution in [0.4, 0.5) is 0 Å². The van der Waals surface area contributed by atoms with Gasteiger partial charge in [-0.05, 0) is 24.6 Å². The van der Waals surface area contributed by atoms with E-state index in [1.807, 2.05) is 35.7 Å². The molecule has 6 nitrogen and oxygen atoms in total. The molecule has 0 saturated heterocycles. The summed E-state index contributed by atoms with van der Waals surface area (Å²) in [6.07, 6.45) is 0. The summed E-state index contributed by atoms with van der Waals surface area (Å²) in [5, 5.41) is 2.69. The van der Waals surface area contributed by atoms with Crippen LogP contribution in [-0.4, -0.2) is 37.8 Å². The van der Waals surface area contributed by atoms with E-state index in [0.29, 0.717) is 11.3 Å². The van der Waals surface area contributed by atoms with Crippen LogP contribution in [-0.2, 0) is 21.4 Å². The van der Waals surface area contributed by atoms with Crippen molar-refractivity contribution >= 4 is 27.3 Å². The Labute approximate surface area is 168 Å². The average molecular weight is 417 g/mol. The summed E-state index contributed by atoms with van der Waals surface area (Å²) in [6, 6.07) is 14.2. The van der Waals surface area contributed by atoms with Crippen LogP contribution in [0.2, 0.25) is 0 Å². The molecule has 0 aliphatic carbocycles. The highest BCUT2D eigenvalue weighted by Crippen LogP contribution is 2.24. The lowest BCUT2D eigenvalue weighted by atomic mass is 10.1. The normalized spacial score (nSPS) is 11.6. The molecule has 0 amide bonds. The van der Waals surface area contributed by atoms with Gasteiger partial charge in [-0.15, -0.1) is 11.3 Å². The predicted octanol–water partition coefficient (Wildman–Crippen LogP) is 3.73. The molecule has 1 aromatic heterocycles. The zero-order chi connectivity index (χ0) is 20.3. The smallest absolute Gasteiger partial charge is 0.338 e. The number of hydrogen-bond acceptors (Lipinski definition) is 6. The van der Waals surface area contributed by atoms with Gasteiger partial charge in [-0.25, -0.2) is 22.5 Å². The van der Waals surface area contributed by atoms with E-state index in [1.165, 1.54) is 37.6 Å². The number of rotatable bonds is 6. The number of ether oxygens (including phenoxy) is 1.